The van der Waals surface area contributed by atoms with Crippen molar-refractivity contribution >= 4 is 5.91 Å². The zero-order valence-electron chi connectivity index (χ0n) is 10.8. The van der Waals surface area contributed by atoms with Gasteiger partial charge in [0, 0.05) is 30.7 Å². The van der Waals surface area contributed by atoms with Crippen molar-refractivity contribution in [2.75, 3.05) is 7.05 Å². The molecule has 2 aliphatic rings. The van der Waals surface area contributed by atoms with Crippen LogP contribution in [0.2, 0.25) is 0 Å². The molecule has 0 aliphatic carbocycles. The molecule has 0 radical (unpaired) electrons. The molecule has 3 heteroatoms. The highest BCUT2D eigenvalue weighted by Gasteiger charge is 2.36. The standard InChI is InChI=1S/C15H20N2O/c1-17(15(18)11-5-3-2-4-6-11)14-9-12-7-8-13(10-14)16-12/h2-6,12-14,16H,7-10H2,1H3/t12-,13+,14?. The van der Waals surface area contributed by atoms with E-state index in [0.717, 1.165) is 18.4 Å². The molecule has 3 nitrogen and oxygen atoms in total. The van der Waals surface area contributed by atoms with Crippen LogP contribution in [0.4, 0.5) is 0 Å². The maximum absolute atomic E-state index is 12.4. The number of carbonyl (C=O) groups excluding carboxylic acids is 1. The second-order valence-corrected chi connectivity index (χ2v) is 5.55. The van der Waals surface area contributed by atoms with E-state index in [-0.39, 0.29) is 5.91 Å². The lowest BCUT2D eigenvalue weighted by Crippen LogP contribution is -2.48. The number of hydrogen-bond donors (Lipinski definition) is 1. The molecule has 3 rings (SSSR count). The van der Waals surface area contributed by atoms with Crippen LogP contribution >= 0.6 is 0 Å². The van der Waals surface area contributed by atoms with Crippen LogP contribution in [-0.4, -0.2) is 36.0 Å². The number of benzene rings is 1. The fraction of sp³-hybridized carbons (Fsp3) is 0.533. The van der Waals surface area contributed by atoms with Crippen LogP contribution in [-0.2, 0) is 0 Å². The molecule has 18 heavy (non-hydrogen) atoms. The zero-order chi connectivity index (χ0) is 12.5. The number of nitrogens with one attached hydrogen (secondary N) is 1. The Kier molecular flexibility index (Phi) is 3.08. The van der Waals surface area contributed by atoms with E-state index in [1.54, 1.807) is 0 Å². The van der Waals surface area contributed by atoms with Crippen LogP contribution in [0.3, 0.4) is 0 Å². The summed E-state index contributed by atoms with van der Waals surface area (Å²) in [6.07, 6.45) is 4.75. The summed E-state index contributed by atoms with van der Waals surface area (Å²) in [6, 6.07) is 11.2. The highest BCUT2D eigenvalue weighted by atomic mass is 16.2. The smallest absolute Gasteiger partial charge is 0.253 e. The van der Waals surface area contributed by atoms with Gasteiger partial charge in [-0.1, -0.05) is 18.2 Å². The van der Waals surface area contributed by atoms with E-state index in [1.807, 2.05) is 42.3 Å². The molecule has 0 aromatic heterocycles. The number of hydrogen-bond acceptors (Lipinski definition) is 2. The minimum atomic E-state index is 0.155. The Hall–Kier alpha value is -1.35. The van der Waals surface area contributed by atoms with Crippen molar-refractivity contribution in [2.45, 2.75) is 43.8 Å². The normalized spacial score (nSPS) is 30.2. The number of nitrogens with zero attached hydrogens (tertiary/aromatic N) is 1. The van der Waals surface area contributed by atoms with Crippen molar-refractivity contribution in [1.82, 2.24) is 10.2 Å². The average Bonchev–Trinajstić information content (AvgIpc) is 2.77. The quantitative estimate of drug-likeness (QED) is 0.863. The molecular weight excluding hydrogens is 224 g/mol. The van der Waals surface area contributed by atoms with Crippen molar-refractivity contribution < 1.29 is 4.79 Å². The molecule has 2 fully saturated rings. The summed E-state index contributed by atoms with van der Waals surface area (Å²) >= 11 is 0. The van der Waals surface area contributed by atoms with Gasteiger partial charge < -0.3 is 10.2 Å². The maximum Gasteiger partial charge on any atom is 0.253 e. The Morgan fingerprint density at radius 3 is 2.39 bits per heavy atom. The lowest BCUT2D eigenvalue weighted by atomic mass is 9.98. The van der Waals surface area contributed by atoms with Crippen molar-refractivity contribution in [3.63, 3.8) is 0 Å². The zero-order valence-corrected chi connectivity index (χ0v) is 10.8. The van der Waals surface area contributed by atoms with Crippen LogP contribution in [0.25, 0.3) is 0 Å². The monoisotopic (exact) mass is 244 g/mol. The molecule has 1 amide bonds. The first-order chi connectivity index (χ1) is 8.74. The van der Waals surface area contributed by atoms with Crippen LogP contribution < -0.4 is 5.32 Å². The number of fused-ring (bicyclic) bond motifs is 2. The number of rotatable bonds is 2. The second kappa shape index (κ2) is 4.73. The molecule has 1 N–H and O–H groups in total. The van der Waals surface area contributed by atoms with Gasteiger partial charge in [-0.25, -0.2) is 0 Å². The number of carbonyl (C=O) groups is 1. The van der Waals surface area contributed by atoms with Crippen molar-refractivity contribution in [2.24, 2.45) is 0 Å². The van der Waals surface area contributed by atoms with E-state index in [0.29, 0.717) is 18.1 Å². The molecular formula is C15H20N2O. The molecule has 2 heterocycles. The van der Waals surface area contributed by atoms with Crippen LogP contribution in [0.1, 0.15) is 36.0 Å². The predicted molar refractivity (Wildman–Crippen MR) is 71.5 cm³/mol. The van der Waals surface area contributed by atoms with Gasteiger partial charge in [0.15, 0.2) is 0 Å². The number of piperidine rings is 1. The molecule has 1 aromatic rings. The van der Waals surface area contributed by atoms with Gasteiger partial charge in [0.25, 0.3) is 5.91 Å². The summed E-state index contributed by atoms with van der Waals surface area (Å²) in [5, 5.41) is 3.62. The van der Waals surface area contributed by atoms with Crippen molar-refractivity contribution in [1.29, 1.82) is 0 Å². The molecule has 0 spiro atoms. The molecule has 0 saturated carbocycles. The highest BCUT2D eigenvalue weighted by molar-refractivity contribution is 5.94. The Morgan fingerprint density at radius 1 is 1.17 bits per heavy atom. The number of amides is 1. The molecule has 96 valence electrons. The van der Waals surface area contributed by atoms with Crippen molar-refractivity contribution in [3.05, 3.63) is 35.9 Å². The summed E-state index contributed by atoms with van der Waals surface area (Å²) in [5.74, 6) is 0.155. The Balaban J connectivity index is 1.71. The van der Waals surface area contributed by atoms with E-state index in [1.165, 1.54) is 12.8 Å². The van der Waals surface area contributed by atoms with E-state index < -0.39 is 0 Å². The van der Waals surface area contributed by atoms with Gasteiger partial charge in [-0.2, -0.15) is 0 Å². The predicted octanol–water partition coefficient (Wildman–Crippen LogP) is 2.04. The summed E-state index contributed by atoms with van der Waals surface area (Å²) < 4.78 is 0. The maximum atomic E-state index is 12.4. The lowest BCUT2D eigenvalue weighted by Gasteiger charge is -2.35. The first kappa shape index (κ1) is 11.7. The molecule has 2 saturated heterocycles. The van der Waals surface area contributed by atoms with E-state index in [9.17, 15) is 4.79 Å². The third-order valence-electron chi connectivity index (χ3n) is 4.34. The van der Waals surface area contributed by atoms with Crippen molar-refractivity contribution in [3.8, 4) is 0 Å². The highest BCUT2D eigenvalue weighted by Crippen LogP contribution is 2.29. The molecule has 3 atom stereocenters. The molecule has 2 bridgehead atoms. The minimum Gasteiger partial charge on any atom is -0.339 e. The van der Waals surface area contributed by atoms with Crippen LogP contribution in [0.15, 0.2) is 30.3 Å². The van der Waals surface area contributed by atoms with Gasteiger partial charge in [0.05, 0.1) is 0 Å². The summed E-state index contributed by atoms with van der Waals surface area (Å²) in [5.41, 5.74) is 0.797. The van der Waals surface area contributed by atoms with Gasteiger partial charge in [0.2, 0.25) is 0 Å². The Bertz CT molecular complexity index is 419. The Morgan fingerprint density at radius 2 is 1.78 bits per heavy atom. The SMILES string of the molecule is CN(C(=O)c1ccccc1)C1C[C@H]2CC[C@@H](C1)N2. The average molecular weight is 244 g/mol. The molecule has 2 aliphatic heterocycles. The first-order valence-electron chi connectivity index (χ1n) is 6.82. The topological polar surface area (TPSA) is 32.3 Å². The third kappa shape index (κ3) is 2.15. The Labute approximate surface area is 108 Å². The van der Waals surface area contributed by atoms with Gasteiger partial charge in [-0.05, 0) is 37.8 Å². The summed E-state index contributed by atoms with van der Waals surface area (Å²) in [6.45, 7) is 0. The lowest BCUT2D eigenvalue weighted by molar-refractivity contribution is 0.0681. The van der Waals surface area contributed by atoms with E-state index in [2.05, 4.69) is 5.32 Å². The van der Waals surface area contributed by atoms with Gasteiger partial charge >= 0.3 is 0 Å². The van der Waals surface area contributed by atoms with Gasteiger partial charge in [-0.3, -0.25) is 4.79 Å². The third-order valence-corrected chi connectivity index (χ3v) is 4.34. The fourth-order valence-corrected chi connectivity index (χ4v) is 3.29. The summed E-state index contributed by atoms with van der Waals surface area (Å²) in [7, 11) is 1.95. The van der Waals surface area contributed by atoms with Crippen LogP contribution in [0, 0.1) is 0 Å². The van der Waals surface area contributed by atoms with Crippen LogP contribution in [0.5, 0.6) is 0 Å². The fourth-order valence-electron chi connectivity index (χ4n) is 3.29. The first-order valence-corrected chi connectivity index (χ1v) is 6.82. The van der Waals surface area contributed by atoms with Gasteiger partial charge in [0.1, 0.15) is 0 Å². The minimum absolute atomic E-state index is 0.155. The molecule has 1 unspecified atom stereocenters. The van der Waals surface area contributed by atoms with E-state index >= 15 is 0 Å². The largest absolute Gasteiger partial charge is 0.339 e. The van der Waals surface area contributed by atoms with E-state index in [4.69, 9.17) is 0 Å². The summed E-state index contributed by atoms with van der Waals surface area (Å²) in [4.78, 5) is 14.3. The van der Waals surface area contributed by atoms with Gasteiger partial charge in [-0.15, -0.1) is 0 Å². The molecule has 1 aromatic carbocycles. The second-order valence-electron chi connectivity index (χ2n) is 5.55.